The van der Waals surface area contributed by atoms with Crippen LogP contribution in [0.25, 0.3) is 0 Å². The topological polar surface area (TPSA) is 38.7 Å². The number of aliphatic hydroxyl groups is 1. The van der Waals surface area contributed by atoms with Crippen molar-refractivity contribution in [1.29, 1.82) is 0 Å². The van der Waals surface area contributed by atoms with Gasteiger partial charge in [0.2, 0.25) is 0 Å². The van der Waals surface area contributed by atoms with E-state index in [-0.39, 0.29) is 6.10 Å². The minimum atomic E-state index is -1.35. The first-order valence-corrected chi connectivity index (χ1v) is 6.10. The molecule has 0 aromatic carbocycles. The molecule has 0 aliphatic heterocycles. The minimum Gasteiger partial charge on any atom is -0.447 e. The second kappa shape index (κ2) is 6.05. The van der Waals surface area contributed by atoms with Crippen LogP contribution >= 0.6 is 0 Å². The Morgan fingerprint density at radius 1 is 1.70 bits per heavy atom. The number of hydrogen-bond acceptors (Lipinski definition) is 3. The van der Waals surface area contributed by atoms with Crippen LogP contribution in [0.5, 0.6) is 0 Å². The highest BCUT2D eigenvalue weighted by molar-refractivity contribution is 6.48. The fraction of sp³-hybridized carbons (Fsp3) is 1.00. The van der Waals surface area contributed by atoms with Crippen molar-refractivity contribution in [2.45, 2.75) is 26.0 Å². The summed E-state index contributed by atoms with van der Waals surface area (Å²) >= 11 is 0. The van der Waals surface area contributed by atoms with E-state index in [0.717, 1.165) is 16.5 Å². The monoisotopic (exact) mass is 180 g/mol. The van der Waals surface area contributed by atoms with Crippen LogP contribution in [0.3, 0.4) is 0 Å². The molecule has 0 aromatic heterocycles. The molecule has 0 spiro atoms. The van der Waals surface area contributed by atoms with Gasteiger partial charge in [0.05, 0.1) is 12.7 Å². The molecule has 0 saturated carbocycles. The SMILES string of the molecule is CC[SiH](O[SiH3])OCC(C)O. The summed E-state index contributed by atoms with van der Waals surface area (Å²) in [6, 6.07) is 0.982. The molecule has 0 fully saturated rings. The molecule has 62 valence electrons. The Morgan fingerprint density at radius 2 is 2.30 bits per heavy atom. The lowest BCUT2D eigenvalue weighted by Crippen LogP contribution is -2.25. The first kappa shape index (κ1) is 10.3. The zero-order valence-electron chi connectivity index (χ0n) is 6.83. The standard InChI is InChI=1S/C5H16O3Si2/c1-3-10(8-9)7-4-5(2)6/h5-6,10H,3-4H2,1-2,9H3. The fourth-order valence-electron chi connectivity index (χ4n) is 0.599. The Morgan fingerprint density at radius 3 is 2.60 bits per heavy atom. The van der Waals surface area contributed by atoms with Crippen LogP contribution in [0.4, 0.5) is 0 Å². The van der Waals surface area contributed by atoms with Gasteiger partial charge in [0.15, 0.2) is 0 Å². The summed E-state index contributed by atoms with van der Waals surface area (Å²) in [5, 5.41) is 8.85. The van der Waals surface area contributed by atoms with E-state index in [2.05, 4.69) is 6.92 Å². The van der Waals surface area contributed by atoms with Gasteiger partial charge in [-0.2, -0.15) is 0 Å². The molecular formula is C5H16O3Si2. The van der Waals surface area contributed by atoms with E-state index in [9.17, 15) is 0 Å². The smallest absolute Gasteiger partial charge is 0.310 e. The van der Waals surface area contributed by atoms with Gasteiger partial charge < -0.3 is 13.6 Å². The third kappa shape index (κ3) is 5.13. The highest BCUT2D eigenvalue weighted by atomic mass is 28.3. The minimum absolute atomic E-state index is 0.363. The summed E-state index contributed by atoms with van der Waals surface area (Å²) in [7, 11) is -0.599. The Balaban J connectivity index is 3.26. The van der Waals surface area contributed by atoms with Gasteiger partial charge in [0.25, 0.3) is 0 Å². The van der Waals surface area contributed by atoms with E-state index < -0.39 is 9.28 Å². The Kier molecular flexibility index (Phi) is 6.24. The van der Waals surface area contributed by atoms with Crippen LogP contribution < -0.4 is 0 Å². The summed E-state index contributed by atoms with van der Waals surface area (Å²) in [6.45, 7) is 4.19. The average molecular weight is 180 g/mol. The molecule has 0 aliphatic rings. The third-order valence-electron chi connectivity index (χ3n) is 1.12. The van der Waals surface area contributed by atoms with Crippen molar-refractivity contribution < 1.29 is 13.6 Å². The van der Waals surface area contributed by atoms with Crippen molar-refractivity contribution in [3.63, 3.8) is 0 Å². The lowest BCUT2D eigenvalue weighted by molar-refractivity contribution is 0.112. The van der Waals surface area contributed by atoms with Gasteiger partial charge in [-0.25, -0.2) is 0 Å². The van der Waals surface area contributed by atoms with E-state index in [1.165, 1.54) is 0 Å². The van der Waals surface area contributed by atoms with Crippen LogP contribution in [0.1, 0.15) is 13.8 Å². The first-order valence-electron chi connectivity index (χ1n) is 3.53. The second-order valence-corrected chi connectivity index (χ2v) is 6.15. The predicted molar refractivity (Wildman–Crippen MR) is 46.3 cm³/mol. The Hall–Kier alpha value is 0.314. The molecule has 5 heteroatoms. The zero-order chi connectivity index (χ0) is 7.98. The number of hydrogen-bond donors (Lipinski definition) is 1. The van der Waals surface area contributed by atoms with E-state index in [4.69, 9.17) is 13.6 Å². The van der Waals surface area contributed by atoms with Gasteiger partial charge in [-0.05, 0) is 13.0 Å². The summed E-state index contributed by atoms with van der Waals surface area (Å²) in [5.74, 6) is 0. The highest BCUT2D eigenvalue weighted by Crippen LogP contribution is 1.94. The fourth-order valence-corrected chi connectivity index (χ4v) is 3.21. The molecular weight excluding hydrogens is 164 g/mol. The molecule has 0 radical (unpaired) electrons. The highest BCUT2D eigenvalue weighted by Gasteiger charge is 2.07. The maximum atomic E-state index is 8.85. The molecule has 0 aromatic rings. The normalized spacial score (nSPS) is 17.1. The van der Waals surface area contributed by atoms with Crippen LogP contribution in [0, 0.1) is 0 Å². The van der Waals surface area contributed by atoms with Gasteiger partial charge in [0, 0.05) is 0 Å². The Labute approximate surface area is 66.7 Å². The van der Waals surface area contributed by atoms with E-state index in [0.29, 0.717) is 6.61 Å². The van der Waals surface area contributed by atoms with Crippen molar-refractivity contribution >= 4 is 19.8 Å². The van der Waals surface area contributed by atoms with E-state index in [1.807, 2.05) is 0 Å². The molecule has 0 amide bonds. The molecule has 2 unspecified atom stereocenters. The lowest BCUT2D eigenvalue weighted by Gasteiger charge is -2.13. The van der Waals surface area contributed by atoms with Crippen molar-refractivity contribution in [3.05, 3.63) is 0 Å². The average Bonchev–Trinajstić information content (AvgIpc) is 1.90. The van der Waals surface area contributed by atoms with Crippen molar-refractivity contribution in [2.24, 2.45) is 0 Å². The Bertz CT molecular complexity index is 75.3. The van der Waals surface area contributed by atoms with Crippen LogP contribution in [0.2, 0.25) is 6.04 Å². The largest absolute Gasteiger partial charge is 0.447 e. The van der Waals surface area contributed by atoms with Crippen molar-refractivity contribution in [3.8, 4) is 0 Å². The van der Waals surface area contributed by atoms with Gasteiger partial charge in [-0.15, -0.1) is 0 Å². The molecule has 1 N–H and O–H groups in total. The first-order chi connectivity index (χ1) is 4.70. The van der Waals surface area contributed by atoms with Gasteiger partial charge in [-0.1, -0.05) is 6.92 Å². The number of rotatable bonds is 5. The lowest BCUT2D eigenvalue weighted by atomic mass is 10.5. The van der Waals surface area contributed by atoms with Crippen molar-refractivity contribution in [2.75, 3.05) is 6.61 Å². The summed E-state index contributed by atoms with van der Waals surface area (Å²) < 4.78 is 10.5. The molecule has 10 heavy (non-hydrogen) atoms. The predicted octanol–water partition coefficient (Wildman–Crippen LogP) is -1.08. The summed E-state index contributed by atoms with van der Waals surface area (Å²) in [4.78, 5) is 0. The quantitative estimate of drug-likeness (QED) is 0.547. The third-order valence-corrected chi connectivity index (χ3v) is 4.45. The molecule has 0 rings (SSSR count). The molecule has 0 bridgehead atoms. The van der Waals surface area contributed by atoms with Gasteiger partial charge in [-0.3, -0.25) is 0 Å². The maximum Gasteiger partial charge on any atom is 0.310 e. The van der Waals surface area contributed by atoms with Crippen LogP contribution in [-0.2, 0) is 8.54 Å². The number of aliphatic hydroxyl groups excluding tert-OH is 1. The van der Waals surface area contributed by atoms with E-state index in [1.54, 1.807) is 6.92 Å². The second-order valence-electron chi connectivity index (χ2n) is 2.26. The van der Waals surface area contributed by atoms with E-state index >= 15 is 0 Å². The molecule has 0 heterocycles. The summed E-state index contributed by atoms with van der Waals surface area (Å²) in [5.41, 5.74) is 0. The van der Waals surface area contributed by atoms with Crippen LogP contribution in [-0.4, -0.2) is 37.6 Å². The molecule has 0 saturated heterocycles. The van der Waals surface area contributed by atoms with Crippen LogP contribution in [0.15, 0.2) is 0 Å². The van der Waals surface area contributed by atoms with Crippen molar-refractivity contribution in [1.82, 2.24) is 0 Å². The molecule has 2 atom stereocenters. The molecule has 3 nitrogen and oxygen atoms in total. The summed E-state index contributed by atoms with van der Waals surface area (Å²) in [6.07, 6.45) is -0.363. The van der Waals surface area contributed by atoms with Gasteiger partial charge in [0.1, 0.15) is 10.5 Å². The van der Waals surface area contributed by atoms with Gasteiger partial charge >= 0.3 is 9.28 Å². The maximum absolute atomic E-state index is 8.85. The molecule has 0 aliphatic carbocycles. The zero-order valence-corrected chi connectivity index (χ0v) is 9.99.